The van der Waals surface area contributed by atoms with Crippen LogP contribution >= 0.6 is 0 Å². The van der Waals surface area contributed by atoms with Gasteiger partial charge in [-0.25, -0.2) is 14.4 Å². The Balaban J connectivity index is 1.41. The number of alkyl halides is 1. The summed E-state index contributed by atoms with van der Waals surface area (Å²) >= 11 is 0. The first kappa shape index (κ1) is 29.3. The summed E-state index contributed by atoms with van der Waals surface area (Å²) in [6, 6.07) is 14.8. The fraction of sp³-hybridized carbons (Fsp3) is 0.310. The first-order valence-corrected chi connectivity index (χ1v) is 13.1. The fourth-order valence-corrected chi connectivity index (χ4v) is 4.41. The molecule has 214 valence electrons. The van der Waals surface area contributed by atoms with Crippen LogP contribution in [0.5, 0.6) is 5.75 Å². The van der Waals surface area contributed by atoms with Crippen LogP contribution in [0.2, 0.25) is 0 Å². The van der Waals surface area contributed by atoms with Crippen molar-refractivity contribution in [3.8, 4) is 17.0 Å². The number of ether oxygens (including phenoxy) is 1. The van der Waals surface area contributed by atoms with Crippen molar-refractivity contribution in [3.05, 3.63) is 71.7 Å². The number of amides is 2. The Hall–Kier alpha value is -4.71. The highest BCUT2D eigenvalue weighted by atomic mass is 19.1. The van der Waals surface area contributed by atoms with Crippen molar-refractivity contribution in [2.75, 3.05) is 51.5 Å². The number of aryl methyl sites for hydroxylation is 1. The van der Waals surface area contributed by atoms with E-state index in [-0.39, 0.29) is 18.1 Å². The molecule has 1 saturated heterocycles. The third kappa shape index (κ3) is 7.70. The first-order valence-electron chi connectivity index (χ1n) is 13.1. The number of carbonyl (C=O) groups is 2. The van der Waals surface area contributed by atoms with Crippen LogP contribution in [0, 0.1) is 6.92 Å². The molecule has 3 aromatic rings. The van der Waals surface area contributed by atoms with Crippen molar-refractivity contribution in [3.63, 3.8) is 0 Å². The van der Waals surface area contributed by atoms with Crippen molar-refractivity contribution in [1.29, 1.82) is 0 Å². The number of rotatable bonds is 11. The molecule has 4 rings (SSSR count). The largest absolute Gasteiger partial charge is 0.461 e. The third-order valence-electron chi connectivity index (χ3n) is 6.64. The van der Waals surface area contributed by atoms with Crippen LogP contribution in [0.15, 0.2) is 64.8 Å². The highest BCUT2D eigenvalue weighted by Gasteiger charge is 2.21. The van der Waals surface area contributed by atoms with Gasteiger partial charge in [-0.2, -0.15) is 5.10 Å². The molecular weight excluding hydrogens is 527 g/mol. The Bertz CT molecular complexity index is 1390. The maximum Gasteiger partial charge on any atom is 0.289 e. The van der Waals surface area contributed by atoms with Gasteiger partial charge in [0.1, 0.15) is 12.1 Å². The number of carbonyl (C=O) groups excluding carboxylic acids is 2. The molecular formula is C29H33FN8O3. The minimum atomic E-state index is -1.04. The molecule has 0 aliphatic carbocycles. The zero-order valence-corrected chi connectivity index (χ0v) is 23.2. The topological polar surface area (TPSA) is 116 Å². The number of likely N-dealkylation sites (N-methyl/N-ethyl adjacent to an activating group) is 1. The SMILES string of the molecule is C=N/C=N\N1CCN(Cc2ccc(OCF)c(N(C)C(=O)CNC(=O)c3ncc(C)c(-c4ccccc4)n3)c2)CC1. The van der Waals surface area contributed by atoms with Crippen molar-refractivity contribution < 1.29 is 18.7 Å². The second kappa shape index (κ2) is 14.1. The smallest absolute Gasteiger partial charge is 0.289 e. The van der Waals surface area contributed by atoms with Crippen LogP contribution in [-0.4, -0.2) is 91.4 Å². The molecule has 1 aromatic heterocycles. The molecule has 0 atom stereocenters. The summed E-state index contributed by atoms with van der Waals surface area (Å²) < 4.78 is 18.3. The van der Waals surface area contributed by atoms with Gasteiger partial charge in [-0.05, 0) is 36.9 Å². The number of aromatic nitrogens is 2. The van der Waals surface area contributed by atoms with Crippen LogP contribution in [0.4, 0.5) is 10.1 Å². The lowest BCUT2D eigenvalue weighted by molar-refractivity contribution is -0.117. The third-order valence-corrected chi connectivity index (χ3v) is 6.64. The van der Waals surface area contributed by atoms with Gasteiger partial charge in [0.25, 0.3) is 5.91 Å². The maximum atomic E-state index is 13.1. The number of anilines is 1. The average Bonchev–Trinajstić information content (AvgIpc) is 3.00. The molecule has 1 N–H and O–H groups in total. The quantitative estimate of drug-likeness (QED) is 0.283. The van der Waals surface area contributed by atoms with Gasteiger partial charge < -0.3 is 15.0 Å². The van der Waals surface area contributed by atoms with Crippen molar-refractivity contribution in [2.45, 2.75) is 13.5 Å². The molecule has 0 radical (unpaired) electrons. The van der Waals surface area contributed by atoms with E-state index in [1.165, 1.54) is 11.2 Å². The first-order chi connectivity index (χ1) is 19.9. The van der Waals surface area contributed by atoms with E-state index in [0.29, 0.717) is 17.9 Å². The van der Waals surface area contributed by atoms with E-state index in [1.807, 2.05) is 48.3 Å². The molecule has 2 amide bonds. The Morgan fingerprint density at radius 2 is 1.93 bits per heavy atom. The monoisotopic (exact) mass is 560 g/mol. The normalized spacial score (nSPS) is 13.7. The lowest BCUT2D eigenvalue weighted by Gasteiger charge is -2.33. The van der Waals surface area contributed by atoms with Gasteiger partial charge in [0.05, 0.1) is 17.9 Å². The van der Waals surface area contributed by atoms with E-state index in [4.69, 9.17) is 4.74 Å². The molecule has 0 saturated carbocycles. The number of benzene rings is 2. The van der Waals surface area contributed by atoms with Crippen LogP contribution in [-0.2, 0) is 11.3 Å². The molecule has 41 heavy (non-hydrogen) atoms. The zero-order chi connectivity index (χ0) is 29.2. The Kier molecular flexibility index (Phi) is 10.1. The number of nitrogens with zero attached hydrogens (tertiary/aromatic N) is 7. The summed E-state index contributed by atoms with van der Waals surface area (Å²) in [4.78, 5) is 41.7. The number of hydrogen-bond donors (Lipinski definition) is 1. The molecule has 2 heterocycles. The average molecular weight is 561 g/mol. The Morgan fingerprint density at radius 1 is 1.17 bits per heavy atom. The van der Waals surface area contributed by atoms with E-state index in [0.717, 1.165) is 42.9 Å². The summed E-state index contributed by atoms with van der Waals surface area (Å²) in [6.45, 7) is 7.62. The maximum absolute atomic E-state index is 13.1. The summed E-state index contributed by atoms with van der Waals surface area (Å²) in [5, 5.41) is 8.74. The minimum Gasteiger partial charge on any atom is -0.461 e. The molecule has 0 spiro atoms. The molecule has 1 fully saturated rings. The highest BCUT2D eigenvalue weighted by molar-refractivity contribution is 5.99. The molecule has 2 aromatic carbocycles. The van der Waals surface area contributed by atoms with Gasteiger partial charge in [0.15, 0.2) is 0 Å². The van der Waals surface area contributed by atoms with Gasteiger partial charge >= 0.3 is 0 Å². The molecule has 1 aliphatic heterocycles. The second-order valence-corrected chi connectivity index (χ2v) is 9.43. The van der Waals surface area contributed by atoms with E-state index < -0.39 is 18.7 Å². The zero-order valence-electron chi connectivity index (χ0n) is 23.2. The molecule has 1 aliphatic rings. The van der Waals surface area contributed by atoms with E-state index in [2.05, 4.69) is 37.0 Å². The lowest BCUT2D eigenvalue weighted by Crippen LogP contribution is -2.43. The summed E-state index contributed by atoms with van der Waals surface area (Å²) in [6.07, 6.45) is 3.01. The molecule has 11 nitrogen and oxygen atoms in total. The molecule has 0 bridgehead atoms. The fourth-order valence-electron chi connectivity index (χ4n) is 4.41. The van der Waals surface area contributed by atoms with Crippen molar-refractivity contribution >= 4 is 30.6 Å². The van der Waals surface area contributed by atoms with Crippen LogP contribution < -0.4 is 15.0 Å². The second-order valence-electron chi connectivity index (χ2n) is 9.43. The summed E-state index contributed by atoms with van der Waals surface area (Å²) in [5.74, 6) is -0.814. The minimum absolute atomic E-state index is 0.0418. The number of halogens is 1. The van der Waals surface area contributed by atoms with Gasteiger partial charge in [-0.1, -0.05) is 36.4 Å². The summed E-state index contributed by atoms with van der Waals surface area (Å²) in [5.41, 5.74) is 3.66. The van der Waals surface area contributed by atoms with E-state index in [9.17, 15) is 14.0 Å². The van der Waals surface area contributed by atoms with Crippen molar-refractivity contribution in [2.24, 2.45) is 10.1 Å². The summed E-state index contributed by atoms with van der Waals surface area (Å²) in [7, 11) is 1.55. The molecule has 0 unspecified atom stereocenters. The van der Waals surface area contributed by atoms with Gasteiger partial charge in [0.2, 0.25) is 18.6 Å². The van der Waals surface area contributed by atoms with Gasteiger partial charge in [0, 0.05) is 51.5 Å². The lowest BCUT2D eigenvalue weighted by atomic mass is 10.1. The van der Waals surface area contributed by atoms with Crippen molar-refractivity contribution in [1.82, 2.24) is 25.2 Å². The predicted octanol–water partition coefficient (Wildman–Crippen LogP) is 2.91. The van der Waals surface area contributed by atoms with E-state index in [1.54, 1.807) is 25.4 Å². The van der Waals surface area contributed by atoms with Gasteiger partial charge in [-0.15, -0.1) is 0 Å². The standard InChI is InChI=1S/C29H33FN8O3/c1-21-16-32-28(35-27(21)23-7-5-4-6-8-23)29(40)33-17-26(39)36(3)24-15-22(9-10-25(24)41-19-30)18-37-11-13-38(14-12-37)34-20-31-2/h4-10,15-16,20H,2,11-14,17-19H2,1,3H3,(H,33,40)/b34-20-. The Labute approximate surface area is 238 Å². The number of hydrogen-bond acceptors (Lipinski definition) is 8. The van der Waals surface area contributed by atoms with Crippen LogP contribution in [0.25, 0.3) is 11.3 Å². The Morgan fingerprint density at radius 3 is 2.63 bits per heavy atom. The number of piperazine rings is 1. The predicted molar refractivity (Wildman–Crippen MR) is 156 cm³/mol. The molecule has 12 heteroatoms. The highest BCUT2D eigenvalue weighted by Crippen LogP contribution is 2.30. The van der Waals surface area contributed by atoms with E-state index >= 15 is 0 Å². The number of nitrogens with one attached hydrogen (secondary N) is 1. The van der Waals surface area contributed by atoms with Crippen LogP contribution in [0.1, 0.15) is 21.7 Å². The van der Waals surface area contributed by atoms with Gasteiger partial charge in [-0.3, -0.25) is 24.5 Å². The van der Waals surface area contributed by atoms with Crippen LogP contribution in [0.3, 0.4) is 0 Å². The number of aliphatic imine (C=N–C) groups is 1. The number of hydrazone groups is 1.